The summed E-state index contributed by atoms with van der Waals surface area (Å²) in [5, 5.41) is 7.84. The third-order valence-electron chi connectivity index (χ3n) is 7.51. The number of para-hydroxylation sites is 2. The van der Waals surface area contributed by atoms with Crippen molar-refractivity contribution in [2.45, 2.75) is 0 Å². The minimum absolute atomic E-state index is 1.24. The first-order valence-electron chi connectivity index (χ1n) is 12.1. The molecule has 0 aliphatic carbocycles. The highest BCUT2D eigenvalue weighted by atomic mass is 14.9. The molecule has 0 fully saturated rings. The first kappa shape index (κ1) is 18.8. The molecule has 1 nitrogen and oxygen atoms in total. The number of fused-ring (bicyclic) bond motifs is 7. The molecule has 0 spiro atoms. The van der Waals surface area contributed by atoms with Crippen LogP contribution in [-0.4, -0.2) is 4.40 Å². The molecule has 0 N–H and O–H groups in total. The molecule has 1 heteroatoms. The molecule has 6 aromatic carbocycles. The van der Waals surface area contributed by atoms with E-state index in [9.17, 15) is 0 Å². The molecule has 0 unspecified atom stereocenters. The van der Waals surface area contributed by atoms with Gasteiger partial charge in [-0.05, 0) is 39.6 Å². The van der Waals surface area contributed by atoms with Gasteiger partial charge in [0.25, 0.3) is 0 Å². The summed E-state index contributed by atoms with van der Waals surface area (Å²) >= 11 is 0. The van der Waals surface area contributed by atoms with Crippen molar-refractivity contribution in [1.29, 1.82) is 0 Å². The molecule has 2 heterocycles. The Hall–Kier alpha value is -4.62. The molecule has 0 atom stereocenters. The van der Waals surface area contributed by atoms with Crippen LogP contribution in [0.2, 0.25) is 0 Å². The zero-order valence-corrected chi connectivity index (χ0v) is 19.1. The maximum Gasteiger partial charge on any atom is 0.0620 e. The van der Waals surface area contributed by atoms with E-state index in [4.69, 9.17) is 0 Å². The zero-order chi connectivity index (χ0) is 22.9. The Balaban J connectivity index is 1.65. The van der Waals surface area contributed by atoms with Crippen molar-refractivity contribution in [3.05, 3.63) is 127 Å². The lowest BCUT2D eigenvalue weighted by Gasteiger charge is -2.15. The second-order valence-electron chi connectivity index (χ2n) is 9.33. The third-order valence-corrected chi connectivity index (χ3v) is 7.51. The van der Waals surface area contributed by atoms with Crippen LogP contribution in [0.5, 0.6) is 0 Å². The summed E-state index contributed by atoms with van der Waals surface area (Å²) in [4.78, 5) is 0. The van der Waals surface area contributed by atoms with E-state index in [0.717, 1.165) is 0 Å². The van der Waals surface area contributed by atoms with E-state index >= 15 is 0 Å². The van der Waals surface area contributed by atoms with Gasteiger partial charge >= 0.3 is 0 Å². The van der Waals surface area contributed by atoms with Gasteiger partial charge in [0.15, 0.2) is 0 Å². The standard InChI is InChI=1S/C34H21N/c1-2-11-22(12-3-1)24-14-6-7-17-27(24)32-25-15-5-4-13-23(25)21-31-33(32)29-19-10-18-28-26-16-8-9-20-30(26)35(31)34(28)29/h1-21H. The first-order valence-corrected chi connectivity index (χ1v) is 12.1. The molecule has 0 aliphatic heterocycles. The lowest BCUT2D eigenvalue weighted by Crippen LogP contribution is -1.89. The molecular weight excluding hydrogens is 422 g/mol. The van der Waals surface area contributed by atoms with Gasteiger partial charge in [-0.25, -0.2) is 0 Å². The summed E-state index contributed by atoms with van der Waals surface area (Å²) in [6, 6.07) is 46.4. The van der Waals surface area contributed by atoms with E-state index in [0.29, 0.717) is 0 Å². The highest BCUT2D eigenvalue weighted by Gasteiger charge is 2.22. The SMILES string of the molecule is c1ccc(-c2ccccc2-c2c3ccccc3cc3c2c2cccc4c5ccccc5n3c42)cc1. The van der Waals surface area contributed by atoms with Crippen molar-refractivity contribution in [3.63, 3.8) is 0 Å². The monoisotopic (exact) mass is 443 g/mol. The summed E-state index contributed by atoms with van der Waals surface area (Å²) in [7, 11) is 0. The van der Waals surface area contributed by atoms with Gasteiger partial charge in [0, 0.05) is 27.1 Å². The van der Waals surface area contributed by atoms with Crippen LogP contribution >= 0.6 is 0 Å². The number of rotatable bonds is 2. The smallest absolute Gasteiger partial charge is 0.0620 e. The zero-order valence-electron chi connectivity index (χ0n) is 19.1. The van der Waals surface area contributed by atoms with Gasteiger partial charge in [-0.3, -0.25) is 0 Å². The number of benzene rings is 6. The van der Waals surface area contributed by atoms with Crippen LogP contribution in [-0.2, 0) is 0 Å². The number of aromatic nitrogens is 1. The van der Waals surface area contributed by atoms with Crippen molar-refractivity contribution in [2.24, 2.45) is 0 Å². The molecule has 0 bridgehead atoms. The Morgan fingerprint density at radius 1 is 0.429 bits per heavy atom. The van der Waals surface area contributed by atoms with Crippen molar-refractivity contribution >= 4 is 48.9 Å². The summed E-state index contributed by atoms with van der Waals surface area (Å²) < 4.78 is 2.48. The Labute approximate surface area is 202 Å². The van der Waals surface area contributed by atoms with Crippen LogP contribution < -0.4 is 0 Å². The molecule has 0 amide bonds. The van der Waals surface area contributed by atoms with Gasteiger partial charge in [-0.15, -0.1) is 0 Å². The van der Waals surface area contributed by atoms with Crippen LogP contribution in [0.4, 0.5) is 0 Å². The fourth-order valence-electron chi connectivity index (χ4n) is 6.10. The molecule has 8 rings (SSSR count). The minimum atomic E-state index is 1.24. The van der Waals surface area contributed by atoms with Gasteiger partial charge in [-0.2, -0.15) is 0 Å². The quantitative estimate of drug-likeness (QED) is 0.251. The fraction of sp³-hybridized carbons (Fsp3) is 0. The highest BCUT2D eigenvalue weighted by molar-refractivity contribution is 6.29. The van der Waals surface area contributed by atoms with Gasteiger partial charge in [-0.1, -0.05) is 115 Å². The normalized spacial score (nSPS) is 12.0. The molecular formula is C34H21N. The Bertz CT molecular complexity index is 2040. The average molecular weight is 444 g/mol. The largest absolute Gasteiger partial charge is 0.308 e. The predicted octanol–water partition coefficient (Wildman–Crippen LogP) is 9.32. The van der Waals surface area contributed by atoms with E-state index in [1.54, 1.807) is 0 Å². The van der Waals surface area contributed by atoms with Crippen LogP contribution in [0, 0.1) is 0 Å². The molecule has 2 aromatic heterocycles. The summed E-state index contributed by atoms with van der Waals surface area (Å²) in [5.74, 6) is 0. The maximum atomic E-state index is 2.48. The molecule has 0 saturated heterocycles. The predicted molar refractivity (Wildman–Crippen MR) is 149 cm³/mol. The average Bonchev–Trinajstić information content (AvgIpc) is 3.44. The lowest BCUT2D eigenvalue weighted by molar-refractivity contribution is 1.37. The lowest BCUT2D eigenvalue weighted by atomic mass is 9.88. The van der Waals surface area contributed by atoms with Crippen molar-refractivity contribution in [1.82, 2.24) is 4.40 Å². The molecule has 35 heavy (non-hydrogen) atoms. The van der Waals surface area contributed by atoms with Crippen LogP contribution in [0.25, 0.3) is 71.1 Å². The third kappa shape index (κ3) is 2.47. The fourth-order valence-corrected chi connectivity index (χ4v) is 6.10. The molecule has 8 aromatic rings. The van der Waals surface area contributed by atoms with Crippen LogP contribution in [0.1, 0.15) is 0 Å². The Morgan fingerprint density at radius 2 is 1.09 bits per heavy atom. The molecule has 0 aliphatic rings. The Morgan fingerprint density at radius 3 is 1.97 bits per heavy atom. The van der Waals surface area contributed by atoms with Gasteiger partial charge in [0.1, 0.15) is 0 Å². The number of hydrogen-bond donors (Lipinski definition) is 0. The number of hydrogen-bond acceptors (Lipinski definition) is 0. The van der Waals surface area contributed by atoms with E-state index < -0.39 is 0 Å². The summed E-state index contributed by atoms with van der Waals surface area (Å²) in [6.45, 7) is 0. The molecule has 0 saturated carbocycles. The summed E-state index contributed by atoms with van der Waals surface area (Å²) in [5.41, 5.74) is 8.96. The van der Waals surface area contributed by atoms with Crippen LogP contribution in [0.3, 0.4) is 0 Å². The molecule has 162 valence electrons. The summed E-state index contributed by atoms with van der Waals surface area (Å²) in [6.07, 6.45) is 0. The first-order chi connectivity index (χ1) is 17.4. The second-order valence-corrected chi connectivity index (χ2v) is 9.33. The van der Waals surface area contributed by atoms with Crippen molar-refractivity contribution in [2.75, 3.05) is 0 Å². The highest BCUT2D eigenvalue weighted by Crippen LogP contribution is 2.47. The van der Waals surface area contributed by atoms with Gasteiger partial charge in [0.2, 0.25) is 0 Å². The van der Waals surface area contributed by atoms with E-state index in [1.807, 2.05) is 0 Å². The number of nitrogens with zero attached hydrogens (tertiary/aromatic N) is 1. The van der Waals surface area contributed by atoms with Crippen molar-refractivity contribution in [3.8, 4) is 22.3 Å². The van der Waals surface area contributed by atoms with Crippen molar-refractivity contribution < 1.29 is 0 Å². The van der Waals surface area contributed by atoms with Gasteiger partial charge in [0.05, 0.1) is 16.6 Å². The van der Waals surface area contributed by atoms with E-state index in [-0.39, 0.29) is 0 Å². The van der Waals surface area contributed by atoms with E-state index in [2.05, 4.69) is 132 Å². The topological polar surface area (TPSA) is 4.41 Å². The van der Waals surface area contributed by atoms with Gasteiger partial charge < -0.3 is 4.40 Å². The van der Waals surface area contributed by atoms with E-state index in [1.165, 1.54) is 71.1 Å². The second kappa shape index (κ2) is 6.94. The van der Waals surface area contributed by atoms with Crippen LogP contribution in [0.15, 0.2) is 127 Å². The molecule has 0 radical (unpaired) electrons. The maximum absolute atomic E-state index is 2.48. The minimum Gasteiger partial charge on any atom is -0.308 e. The Kier molecular flexibility index (Phi) is 3.72.